The summed E-state index contributed by atoms with van der Waals surface area (Å²) >= 11 is 5.92. The Bertz CT molecular complexity index is 679. The number of rotatable bonds is 5. The van der Waals surface area contributed by atoms with Crippen LogP contribution in [0.15, 0.2) is 18.2 Å². The molecule has 0 amide bonds. The molecular formula is C16H18ClFN2O. The van der Waals surface area contributed by atoms with E-state index in [-0.39, 0.29) is 18.1 Å². The van der Waals surface area contributed by atoms with E-state index in [9.17, 15) is 9.18 Å². The number of Topliss-reactive ketones (excluding diaryl/α,β-unsaturated/α-hetero) is 1. The fourth-order valence-corrected chi connectivity index (χ4v) is 2.72. The van der Waals surface area contributed by atoms with Crippen LogP contribution in [0.1, 0.15) is 48.1 Å². The Hall–Kier alpha value is -1.68. The first-order chi connectivity index (χ1) is 9.97. The molecule has 2 rings (SSSR count). The van der Waals surface area contributed by atoms with Crippen LogP contribution >= 0.6 is 11.6 Å². The highest BCUT2D eigenvalue weighted by Gasteiger charge is 2.19. The topological polar surface area (TPSA) is 34.9 Å². The molecule has 21 heavy (non-hydrogen) atoms. The average Bonchev–Trinajstić information content (AvgIpc) is 2.80. The SMILES string of the molecule is CCc1nn(Cc2cc(Cl)ccc2F)c(CC)c1C(C)=O. The number of hydrogen-bond donors (Lipinski definition) is 0. The molecule has 0 aliphatic carbocycles. The predicted molar refractivity (Wildman–Crippen MR) is 81.5 cm³/mol. The van der Waals surface area contributed by atoms with Crippen molar-refractivity contribution in [2.45, 2.75) is 40.2 Å². The molecule has 1 aromatic carbocycles. The van der Waals surface area contributed by atoms with Crippen LogP contribution in [0.25, 0.3) is 0 Å². The fourth-order valence-electron chi connectivity index (χ4n) is 2.52. The van der Waals surface area contributed by atoms with E-state index in [4.69, 9.17) is 11.6 Å². The summed E-state index contributed by atoms with van der Waals surface area (Å²) in [5.41, 5.74) is 2.75. The van der Waals surface area contributed by atoms with E-state index in [0.717, 1.165) is 11.4 Å². The molecule has 112 valence electrons. The Labute approximate surface area is 128 Å². The monoisotopic (exact) mass is 308 g/mol. The maximum atomic E-state index is 13.9. The molecule has 3 nitrogen and oxygen atoms in total. The summed E-state index contributed by atoms with van der Waals surface area (Å²) < 4.78 is 15.6. The van der Waals surface area contributed by atoms with Crippen LogP contribution in [0, 0.1) is 5.82 Å². The van der Waals surface area contributed by atoms with E-state index in [2.05, 4.69) is 5.10 Å². The lowest BCUT2D eigenvalue weighted by Gasteiger charge is -2.08. The van der Waals surface area contributed by atoms with E-state index >= 15 is 0 Å². The highest BCUT2D eigenvalue weighted by atomic mass is 35.5. The number of carbonyl (C=O) groups is 1. The van der Waals surface area contributed by atoms with Gasteiger partial charge in [-0.25, -0.2) is 4.39 Å². The molecular weight excluding hydrogens is 291 g/mol. The number of nitrogens with zero attached hydrogens (tertiary/aromatic N) is 2. The third-order valence-corrected chi connectivity index (χ3v) is 3.71. The third kappa shape index (κ3) is 3.16. The van der Waals surface area contributed by atoms with Gasteiger partial charge in [0.25, 0.3) is 0 Å². The lowest BCUT2D eigenvalue weighted by Crippen LogP contribution is -2.09. The predicted octanol–water partition coefficient (Wildman–Crippen LogP) is 4.05. The number of aryl methyl sites for hydroxylation is 1. The number of hydrogen-bond acceptors (Lipinski definition) is 2. The molecule has 0 atom stereocenters. The van der Waals surface area contributed by atoms with Gasteiger partial charge in [-0.15, -0.1) is 0 Å². The second-order valence-corrected chi connectivity index (χ2v) is 5.36. The van der Waals surface area contributed by atoms with Gasteiger partial charge in [-0.1, -0.05) is 25.4 Å². The Balaban J connectivity index is 2.49. The van der Waals surface area contributed by atoms with E-state index in [0.29, 0.717) is 29.0 Å². The van der Waals surface area contributed by atoms with Gasteiger partial charge in [0.15, 0.2) is 5.78 Å². The van der Waals surface area contributed by atoms with Crippen LogP contribution in [0.5, 0.6) is 0 Å². The summed E-state index contributed by atoms with van der Waals surface area (Å²) in [6.45, 7) is 5.74. The summed E-state index contributed by atoms with van der Waals surface area (Å²) in [4.78, 5) is 11.8. The molecule has 1 heterocycles. The largest absolute Gasteiger partial charge is 0.294 e. The van der Waals surface area contributed by atoms with Crippen LogP contribution in [-0.2, 0) is 19.4 Å². The zero-order chi connectivity index (χ0) is 15.6. The minimum atomic E-state index is -0.320. The van der Waals surface area contributed by atoms with Gasteiger partial charge in [-0.3, -0.25) is 9.48 Å². The normalized spacial score (nSPS) is 10.9. The molecule has 0 fully saturated rings. The molecule has 0 radical (unpaired) electrons. The lowest BCUT2D eigenvalue weighted by molar-refractivity contribution is 0.101. The Morgan fingerprint density at radius 2 is 2.05 bits per heavy atom. The molecule has 2 aromatic rings. The molecule has 0 aliphatic heterocycles. The summed E-state index contributed by atoms with van der Waals surface area (Å²) in [7, 11) is 0. The Morgan fingerprint density at radius 1 is 1.33 bits per heavy atom. The van der Waals surface area contributed by atoms with Gasteiger partial charge >= 0.3 is 0 Å². The van der Waals surface area contributed by atoms with Crippen LogP contribution in [0.2, 0.25) is 5.02 Å². The minimum absolute atomic E-state index is 0.00140. The highest BCUT2D eigenvalue weighted by Crippen LogP contribution is 2.21. The molecule has 1 aromatic heterocycles. The van der Waals surface area contributed by atoms with Crippen molar-refractivity contribution in [3.8, 4) is 0 Å². The lowest BCUT2D eigenvalue weighted by atomic mass is 10.1. The summed E-state index contributed by atoms with van der Waals surface area (Å²) in [5.74, 6) is -0.319. The second kappa shape index (κ2) is 6.39. The van der Waals surface area contributed by atoms with Crippen LogP contribution in [0.3, 0.4) is 0 Å². The zero-order valence-corrected chi connectivity index (χ0v) is 13.2. The smallest absolute Gasteiger partial charge is 0.163 e. The number of halogens is 2. The second-order valence-electron chi connectivity index (χ2n) is 4.93. The first-order valence-corrected chi connectivity index (χ1v) is 7.39. The fraction of sp³-hybridized carbons (Fsp3) is 0.375. The Morgan fingerprint density at radius 3 is 2.62 bits per heavy atom. The van der Waals surface area contributed by atoms with Crippen molar-refractivity contribution in [3.63, 3.8) is 0 Å². The van der Waals surface area contributed by atoms with Crippen molar-refractivity contribution in [1.82, 2.24) is 9.78 Å². The van der Waals surface area contributed by atoms with E-state index in [1.54, 1.807) is 17.7 Å². The van der Waals surface area contributed by atoms with Crippen molar-refractivity contribution in [2.24, 2.45) is 0 Å². The van der Waals surface area contributed by atoms with E-state index < -0.39 is 0 Å². The molecule has 0 spiro atoms. The van der Waals surface area contributed by atoms with Gasteiger partial charge in [0.2, 0.25) is 0 Å². The highest BCUT2D eigenvalue weighted by molar-refractivity contribution is 6.30. The minimum Gasteiger partial charge on any atom is -0.294 e. The van der Waals surface area contributed by atoms with Crippen LogP contribution in [-0.4, -0.2) is 15.6 Å². The maximum Gasteiger partial charge on any atom is 0.163 e. The van der Waals surface area contributed by atoms with Crippen molar-refractivity contribution < 1.29 is 9.18 Å². The molecule has 0 aliphatic rings. The van der Waals surface area contributed by atoms with E-state index in [1.807, 2.05) is 13.8 Å². The maximum absolute atomic E-state index is 13.9. The zero-order valence-electron chi connectivity index (χ0n) is 12.4. The van der Waals surface area contributed by atoms with Crippen molar-refractivity contribution in [1.29, 1.82) is 0 Å². The number of ketones is 1. The van der Waals surface area contributed by atoms with Gasteiger partial charge < -0.3 is 0 Å². The Kier molecular flexibility index (Phi) is 4.78. The number of carbonyl (C=O) groups excluding carboxylic acids is 1. The summed E-state index contributed by atoms with van der Waals surface area (Å²) in [5, 5.41) is 4.96. The third-order valence-electron chi connectivity index (χ3n) is 3.48. The average molecular weight is 309 g/mol. The van der Waals surface area contributed by atoms with Gasteiger partial charge in [0.1, 0.15) is 5.82 Å². The van der Waals surface area contributed by atoms with Crippen LogP contribution in [0.4, 0.5) is 4.39 Å². The van der Waals surface area contributed by atoms with Crippen molar-refractivity contribution >= 4 is 17.4 Å². The molecule has 0 saturated heterocycles. The molecule has 0 unspecified atom stereocenters. The first kappa shape index (κ1) is 15.7. The van der Waals surface area contributed by atoms with Gasteiger partial charge in [-0.05, 0) is 38.0 Å². The van der Waals surface area contributed by atoms with E-state index in [1.165, 1.54) is 12.1 Å². The van der Waals surface area contributed by atoms with Crippen molar-refractivity contribution in [2.75, 3.05) is 0 Å². The first-order valence-electron chi connectivity index (χ1n) is 7.01. The van der Waals surface area contributed by atoms with Crippen LogP contribution < -0.4 is 0 Å². The summed E-state index contributed by atoms with van der Waals surface area (Å²) in [6, 6.07) is 4.46. The van der Waals surface area contributed by atoms with Gasteiger partial charge in [0, 0.05) is 16.3 Å². The quantitative estimate of drug-likeness (QED) is 0.781. The standard InChI is InChI=1S/C16H18ClFN2O/c1-4-14-16(10(3)21)15(5-2)20(19-14)9-11-8-12(17)6-7-13(11)18/h6-8H,4-5,9H2,1-3H3. The van der Waals surface area contributed by atoms with Gasteiger partial charge in [-0.2, -0.15) is 5.10 Å². The number of benzene rings is 1. The molecule has 5 heteroatoms. The summed E-state index contributed by atoms with van der Waals surface area (Å²) in [6.07, 6.45) is 1.34. The molecule has 0 saturated carbocycles. The molecule has 0 bridgehead atoms. The van der Waals surface area contributed by atoms with Gasteiger partial charge in [0.05, 0.1) is 17.8 Å². The number of aromatic nitrogens is 2. The van der Waals surface area contributed by atoms with Crippen molar-refractivity contribution in [3.05, 3.63) is 51.6 Å². The molecule has 0 N–H and O–H groups in total.